The molecule has 0 radical (unpaired) electrons. The number of methoxy groups -OCH3 is 1. The number of Topliss-reactive ketones (excluding diaryl/α,β-unsaturated/α-hetero) is 1. The Morgan fingerprint density at radius 1 is 1.10 bits per heavy atom. The molecule has 1 heterocycles. The van der Waals surface area contributed by atoms with E-state index in [9.17, 15) is 23.1 Å². The Morgan fingerprint density at radius 2 is 1.84 bits per heavy atom. The van der Waals surface area contributed by atoms with E-state index in [0.717, 1.165) is 15.4 Å². The Morgan fingerprint density at radius 3 is 2.51 bits per heavy atom. The van der Waals surface area contributed by atoms with Gasteiger partial charge in [0.15, 0.2) is 11.6 Å². The maximum absolute atomic E-state index is 16.2. The van der Waals surface area contributed by atoms with Gasteiger partial charge in [0.2, 0.25) is 10.0 Å². The fraction of sp³-hybridized carbons (Fsp3) is 0.459. The number of rotatable bonds is 12. The molecule has 0 saturated carbocycles. The minimum Gasteiger partial charge on any atom is -0.497 e. The second-order valence-electron chi connectivity index (χ2n) is 13.9. The summed E-state index contributed by atoms with van der Waals surface area (Å²) in [4.78, 5) is 27.2. The number of ether oxygens (including phenoxy) is 1. The molecule has 10 nitrogen and oxygen atoms in total. The van der Waals surface area contributed by atoms with Crippen molar-refractivity contribution in [2.45, 2.75) is 77.6 Å². The first-order chi connectivity index (χ1) is 23.2. The highest BCUT2D eigenvalue weighted by Gasteiger charge is 2.40. The van der Waals surface area contributed by atoms with Gasteiger partial charge >= 0.3 is 0 Å². The number of amides is 1. The number of hydrogen-bond acceptors (Lipinski definition) is 8. The molecule has 264 valence electrons. The van der Waals surface area contributed by atoms with Gasteiger partial charge in [-0.1, -0.05) is 44.2 Å². The van der Waals surface area contributed by atoms with Gasteiger partial charge < -0.3 is 25.8 Å². The van der Waals surface area contributed by atoms with Crippen LogP contribution < -0.4 is 25.0 Å². The van der Waals surface area contributed by atoms with E-state index in [1.165, 1.54) is 12.1 Å². The number of nitrogens with zero attached hydrogens (tertiary/aromatic N) is 1. The molecule has 3 atom stereocenters. The molecule has 1 amide bonds. The average molecular weight is 695 g/mol. The van der Waals surface area contributed by atoms with Crippen LogP contribution in [0, 0.1) is 11.2 Å². The number of carbonyl (C=O) groups excluding carboxylic acids is 2. The van der Waals surface area contributed by atoms with Crippen molar-refractivity contribution in [3.05, 3.63) is 88.7 Å². The van der Waals surface area contributed by atoms with Gasteiger partial charge in [0.1, 0.15) is 5.75 Å². The Labute approximate surface area is 288 Å². The van der Waals surface area contributed by atoms with Crippen LogP contribution in [-0.2, 0) is 16.4 Å². The van der Waals surface area contributed by atoms with Gasteiger partial charge in [-0.2, -0.15) is 0 Å². The lowest BCUT2D eigenvalue weighted by molar-refractivity contribution is 0.0749. The summed E-state index contributed by atoms with van der Waals surface area (Å²) in [6.07, 6.45) is 0.661. The standard InChI is InChI=1S/C37H47FN4O6S/c1-23(2)40-25-18-29(34(38)32(19-25)42-15-9-10-16-49(42,46)47)36(45)41-30(17-24-11-7-6-8-12-24)33(43)22-39-31-21-37(3,4)35(44)27-14-13-26(48-5)20-28(27)31/h6-8,11-14,18-20,23,30-31,33,39-40,43H,9-10,15-17,21-22H2,1-5H3,(H,41,45)/t30?,31-,33+/m0/s1. The zero-order valence-electron chi connectivity index (χ0n) is 28.8. The number of hydrogen-bond donors (Lipinski definition) is 4. The van der Waals surface area contributed by atoms with Crippen LogP contribution in [-0.4, -0.2) is 69.4 Å². The molecule has 12 heteroatoms. The number of fused-ring (bicyclic) bond motifs is 1. The molecule has 1 saturated heterocycles. The molecule has 5 rings (SSSR count). The van der Waals surface area contributed by atoms with Gasteiger partial charge in [-0.3, -0.25) is 13.9 Å². The van der Waals surface area contributed by atoms with Gasteiger partial charge in [-0.25, -0.2) is 12.8 Å². The summed E-state index contributed by atoms with van der Waals surface area (Å²) < 4.78 is 48.6. The van der Waals surface area contributed by atoms with E-state index < -0.39 is 39.3 Å². The highest BCUT2D eigenvalue weighted by atomic mass is 32.2. The predicted octanol–water partition coefficient (Wildman–Crippen LogP) is 5.23. The molecule has 1 fully saturated rings. The van der Waals surface area contributed by atoms with Crippen molar-refractivity contribution in [2.24, 2.45) is 5.41 Å². The second-order valence-corrected chi connectivity index (χ2v) is 15.9. The molecule has 1 aliphatic heterocycles. The van der Waals surface area contributed by atoms with Gasteiger partial charge in [-0.15, -0.1) is 0 Å². The van der Waals surface area contributed by atoms with E-state index in [-0.39, 0.29) is 54.4 Å². The zero-order valence-corrected chi connectivity index (χ0v) is 29.6. The lowest BCUT2D eigenvalue weighted by atomic mass is 9.71. The van der Waals surface area contributed by atoms with Gasteiger partial charge in [0.05, 0.1) is 36.3 Å². The smallest absolute Gasteiger partial charge is 0.254 e. The molecule has 0 bridgehead atoms. The molecule has 1 aliphatic carbocycles. The minimum atomic E-state index is -3.76. The first kappa shape index (κ1) is 36.3. The Bertz CT molecular complexity index is 1780. The molecule has 3 aromatic carbocycles. The molecule has 2 aliphatic rings. The SMILES string of the molecule is COc1ccc2c(c1)[C@@H](NC[C@@H](O)C(Cc1ccccc1)NC(=O)c1cc(NC(C)C)cc(N3CCCCS3(=O)=O)c1F)CC(C)(C)C2=O. The number of nitrogens with one attached hydrogen (secondary N) is 3. The van der Waals surface area contributed by atoms with Gasteiger partial charge in [-0.05, 0) is 81.0 Å². The Balaban J connectivity index is 1.44. The summed E-state index contributed by atoms with van der Waals surface area (Å²) in [5, 5.41) is 21.1. The zero-order chi connectivity index (χ0) is 35.5. The van der Waals surface area contributed by atoms with Crippen molar-refractivity contribution < 1.29 is 32.2 Å². The second kappa shape index (κ2) is 14.9. The van der Waals surface area contributed by atoms with Crippen molar-refractivity contribution in [2.75, 3.05) is 35.6 Å². The number of benzene rings is 3. The van der Waals surface area contributed by atoms with Crippen LogP contribution in [0.25, 0.3) is 0 Å². The van der Waals surface area contributed by atoms with E-state index in [0.29, 0.717) is 36.3 Å². The van der Waals surface area contributed by atoms with Crippen LogP contribution in [0.4, 0.5) is 15.8 Å². The van der Waals surface area contributed by atoms with E-state index in [2.05, 4.69) is 16.0 Å². The third kappa shape index (κ3) is 8.25. The lowest BCUT2D eigenvalue weighted by Gasteiger charge is -2.37. The molecule has 4 N–H and O–H groups in total. The maximum atomic E-state index is 16.2. The van der Waals surface area contributed by atoms with Crippen molar-refractivity contribution in [3.8, 4) is 5.75 Å². The normalized spacial score (nSPS) is 19.6. The van der Waals surface area contributed by atoms with Crippen LogP contribution in [0.5, 0.6) is 5.75 Å². The first-order valence-corrected chi connectivity index (χ1v) is 18.4. The summed E-state index contributed by atoms with van der Waals surface area (Å²) in [6, 6.07) is 16.3. The van der Waals surface area contributed by atoms with E-state index in [4.69, 9.17) is 4.74 Å². The Hall–Kier alpha value is -4.00. The number of sulfonamides is 1. The highest BCUT2D eigenvalue weighted by Crippen LogP contribution is 2.42. The molecule has 3 aromatic rings. The van der Waals surface area contributed by atoms with Crippen molar-refractivity contribution in [3.63, 3.8) is 0 Å². The first-order valence-electron chi connectivity index (χ1n) is 16.8. The monoisotopic (exact) mass is 694 g/mol. The van der Waals surface area contributed by atoms with Crippen molar-refractivity contribution in [1.29, 1.82) is 0 Å². The van der Waals surface area contributed by atoms with Gasteiger partial charge in [0.25, 0.3) is 5.91 Å². The molecule has 0 spiro atoms. The van der Waals surface area contributed by atoms with Crippen LogP contribution >= 0.6 is 0 Å². The van der Waals surface area contributed by atoms with E-state index in [1.807, 2.05) is 64.1 Å². The van der Waals surface area contributed by atoms with Crippen LogP contribution in [0.15, 0.2) is 60.7 Å². The fourth-order valence-electron chi connectivity index (χ4n) is 6.66. The summed E-state index contributed by atoms with van der Waals surface area (Å²) in [5.74, 6) is -1.17. The molecular weight excluding hydrogens is 647 g/mol. The van der Waals surface area contributed by atoms with Crippen LogP contribution in [0.3, 0.4) is 0 Å². The van der Waals surface area contributed by atoms with Crippen LogP contribution in [0.2, 0.25) is 0 Å². The summed E-state index contributed by atoms with van der Waals surface area (Å²) in [6.45, 7) is 7.73. The third-order valence-electron chi connectivity index (χ3n) is 9.23. The number of halogens is 1. The number of aliphatic hydroxyl groups excluding tert-OH is 1. The quantitative estimate of drug-likeness (QED) is 0.202. The number of anilines is 2. The third-order valence-corrected chi connectivity index (χ3v) is 11.1. The minimum absolute atomic E-state index is 0.0332. The van der Waals surface area contributed by atoms with Crippen molar-refractivity contribution >= 4 is 33.1 Å². The molecule has 0 aromatic heterocycles. The molecule has 1 unspecified atom stereocenters. The summed E-state index contributed by atoms with van der Waals surface area (Å²) >= 11 is 0. The fourth-order valence-corrected chi connectivity index (χ4v) is 8.29. The number of carbonyl (C=O) groups is 2. The topological polar surface area (TPSA) is 137 Å². The summed E-state index contributed by atoms with van der Waals surface area (Å²) in [7, 11) is -2.20. The molecule has 49 heavy (non-hydrogen) atoms. The number of ketones is 1. The largest absolute Gasteiger partial charge is 0.497 e. The lowest BCUT2D eigenvalue weighted by Crippen LogP contribution is -2.50. The maximum Gasteiger partial charge on any atom is 0.254 e. The van der Waals surface area contributed by atoms with Crippen molar-refractivity contribution in [1.82, 2.24) is 10.6 Å². The van der Waals surface area contributed by atoms with E-state index in [1.54, 1.807) is 19.2 Å². The summed E-state index contributed by atoms with van der Waals surface area (Å²) in [5.41, 5.74) is 1.47. The highest BCUT2D eigenvalue weighted by molar-refractivity contribution is 7.92. The van der Waals surface area contributed by atoms with Gasteiger partial charge in [0, 0.05) is 41.8 Å². The Kier molecular flexibility index (Phi) is 11.0. The average Bonchev–Trinajstić information content (AvgIpc) is 3.06. The predicted molar refractivity (Wildman–Crippen MR) is 189 cm³/mol. The van der Waals surface area contributed by atoms with Crippen LogP contribution in [0.1, 0.15) is 84.8 Å². The molecular formula is C37H47FN4O6S. The number of aliphatic hydroxyl groups is 1. The van der Waals surface area contributed by atoms with E-state index >= 15 is 4.39 Å².